The number of nitrogens with zero attached hydrogens (tertiary/aromatic N) is 1. The van der Waals surface area contributed by atoms with E-state index >= 15 is 0 Å². The van der Waals surface area contributed by atoms with Crippen LogP contribution in [0, 0.1) is 5.82 Å². The molecule has 0 saturated carbocycles. The van der Waals surface area contributed by atoms with Crippen LogP contribution in [0.25, 0.3) is 0 Å². The Hall–Kier alpha value is -1.55. The van der Waals surface area contributed by atoms with Gasteiger partial charge in [0.25, 0.3) is 0 Å². The van der Waals surface area contributed by atoms with E-state index in [2.05, 4.69) is 20.9 Å². The number of pyridine rings is 1. The second-order valence-electron chi connectivity index (χ2n) is 4.31. The molecule has 98 valence electrons. The fraction of sp³-hybridized carbons (Fsp3) is 0.200. The van der Waals surface area contributed by atoms with Gasteiger partial charge in [-0.2, -0.15) is 0 Å². The van der Waals surface area contributed by atoms with Crippen molar-refractivity contribution in [2.45, 2.75) is 19.3 Å². The number of carbonyl (C=O) groups is 1. The molecule has 1 aromatic heterocycles. The molecule has 2 nitrogen and oxygen atoms in total. The number of carbonyl (C=O) groups excluding carboxylic acids is 1. The molecule has 0 radical (unpaired) electrons. The van der Waals surface area contributed by atoms with Gasteiger partial charge in [-0.1, -0.05) is 28.1 Å². The first-order valence-electron chi connectivity index (χ1n) is 5.99. The number of benzene rings is 1. The molecule has 19 heavy (non-hydrogen) atoms. The van der Waals surface area contributed by atoms with Crippen molar-refractivity contribution in [2.24, 2.45) is 0 Å². The van der Waals surface area contributed by atoms with Crippen LogP contribution in [0.1, 0.15) is 17.5 Å². The van der Waals surface area contributed by atoms with Crippen molar-refractivity contribution < 1.29 is 9.18 Å². The van der Waals surface area contributed by atoms with Crippen molar-refractivity contribution >= 4 is 21.7 Å². The quantitative estimate of drug-likeness (QED) is 0.840. The molecule has 1 heterocycles. The molecule has 2 rings (SSSR count). The Labute approximate surface area is 119 Å². The molecular weight excluding hydrogens is 309 g/mol. The van der Waals surface area contributed by atoms with Crippen molar-refractivity contribution in [3.8, 4) is 0 Å². The van der Waals surface area contributed by atoms with Gasteiger partial charge in [0.15, 0.2) is 0 Å². The Morgan fingerprint density at radius 2 is 2.16 bits per heavy atom. The van der Waals surface area contributed by atoms with Gasteiger partial charge in [-0.3, -0.25) is 9.78 Å². The maximum atomic E-state index is 12.9. The van der Waals surface area contributed by atoms with Crippen molar-refractivity contribution in [3.05, 3.63) is 64.1 Å². The summed E-state index contributed by atoms with van der Waals surface area (Å²) in [7, 11) is 0. The van der Waals surface area contributed by atoms with Gasteiger partial charge in [0, 0.05) is 29.7 Å². The van der Waals surface area contributed by atoms with Crippen LogP contribution in [0.3, 0.4) is 0 Å². The standard InChI is InChI=1S/C15H13BrFNO/c16-15-9-13(17)5-4-12(15)8-14(19)6-3-11-2-1-7-18-10-11/h1-2,4-5,7,9-10H,3,6,8H2. The lowest BCUT2D eigenvalue weighted by atomic mass is 10.0. The molecule has 0 bridgehead atoms. The average Bonchev–Trinajstić information content (AvgIpc) is 2.41. The molecule has 0 amide bonds. The van der Waals surface area contributed by atoms with E-state index in [0.29, 0.717) is 23.7 Å². The smallest absolute Gasteiger partial charge is 0.137 e. The molecule has 0 unspecified atom stereocenters. The van der Waals surface area contributed by atoms with Gasteiger partial charge in [-0.15, -0.1) is 0 Å². The van der Waals surface area contributed by atoms with Crippen molar-refractivity contribution in [2.75, 3.05) is 0 Å². The summed E-state index contributed by atoms with van der Waals surface area (Å²) in [5, 5.41) is 0. The molecule has 0 aliphatic carbocycles. The summed E-state index contributed by atoms with van der Waals surface area (Å²) < 4.78 is 13.6. The summed E-state index contributed by atoms with van der Waals surface area (Å²) in [4.78, 5) is 15.9. The summed E-state index contributed by atoms with van der Waals surface area (Å²) in [6, 6.07) is 8.20. The van der Waals surface area contributed by atoms with E-state index in [1.807, 2.05) is 12.1 Å². The van der Waals surface area contributed by atoms with Gasteiger partial charge in [-0.25, -0.2) is 4.39 Å². The van der Waals surface area contributed by atoms with E-state index in [4.69, 9.17) is 0 Å². The number of hydrogen-bond acceptors (Lipinski definition) is 2. The lowest BCUT2D eigenvalue weighted by Gasteiger charge is -2.04. The van der Waals surface area contributed by atoms with E-state index in [-0.39, 0.29) is 11.6 Å². The second-order valence-corrected chi connectivity index (χ2v) is 5.17. The molecule has 0 saturated heterocycles. The highest BCUT2D eigenvalue weighted by Crippen LogP contribution is 2.19. The van der Waals surface area contributed by atoms with Gasteiger partial charge >= 0.3 is 0 Å². The molecular formula is C15H13BrFNO. The third kappa shape index (κ3) is 4.24. The Morgan fingerprint density at radius 1 is 1.32 bits per heavy atom. The maximum absolute atomic E-state index is 12.9. The van der Waals surface area contributed by atoms with E-state index in [1.165, 1.54) is 12.1 Å². The summed E-state index contributed by atoms with van der Waals surface area (Å²) >= 11 is 3.27. The van der Waals surface area contributed by atoms with Crippen LogP contribution >= 0.6 is 15.9 Å². The van der Waals surface area contributed by atoms with Gasteiger partial charge in [-0.05, 0) is 35.7 Å². The summed E-state index contributed by atoms with van der Waals surface area (Å²) in [5.74, 6) is -0.172. The zero-order valence-corrected chi connectivity index (χ0v) is 11.9. The van der Waals surface area contributed by atoms with Crippen molar-refractivity contribution in [1.82, 2.24) is 4.98 Å². The number of halogens is 2. The van der Waals surface area contributed by atoms with Crippen LogP contribution in [0.5, 0.6) is 0 Å². The largest absolute Gasteiger partial charge is 0.299 e. The molecule has 4 heteroatoms. The topological polar surface area (TPSA) is 30.0 Å². The minimum atomic E-state index is -0.307. The lowest BCUT2D eigenvalue weighted by molar-refractivity contribution is -0.118. The lowest BCUT2D eigenvalue weighted by Crippen LogP contribution is -2.05. The van der Waals surface area contributed by atoms with Gasteiger partial charge in [0.1, 0.15) is 11.6 Å². The Bertz CT molecular complexity index is 572. The highest BCUT2D eigenvalue weighted by atomic mass is 79.9. The summed E-state index contributed by atoms with van der Waals surface area (Å²) in [6.45, 7) is 0. The second kappa shape index (κ2) is 6.57. The number of aryl methyl sites for hydroxylation is 1. The first kappa shape index (κ1) is 13.9. The van der Waals surface area contributed by atoms with Crippen molar-refractivity contribution in [3.63, 3.8) is 0 Å². The minimum Gasteiger partial charge on any atom is -0.299 e. The van der Waals surface area contributed by atoms with E-state index < -0.39 is 0 Å². The fourth-order valence-corrected chi connectivity index (χ4v) is 2.29. The molecule has 0 aliphatic rings. The summed E-state index contributed by atoms with van der Waals surface area (Å²) in [5.41, 5.74) is 1.87. The van der Waals surface area contributed by atoms with Crippen LogP contribution in [-0.2, 0) is 17.6 Å². The normalized spacial score (nSPS) is 10.4. The van der Waals surface area contributed by atoms with Crippen LogP contribution in [0.2, 0.25) is 0 Å². The van der Waals surface area contributed by atoms with E-state index in [1.54, 1.807) is 18.5 Å². The predicted molar refractivity (Wildman–Crippen MR) is 75.4 cm³/mol. The summed E-state index contributed by atoms with van der Waals surface area (Å²) in [6.07, 6.45) is 4.95. The molecule has 2 aromatic rings. The molecule has 0 spiro atoms. The third-order valence-corrected chi connectivity index (χ3v) is 3.56. The van der Waals surface area contributed by atoms with Gasteiger partial charge < -0.3 is 0 Å². The highest BCUT2D eigenvalue weighted by molar-refractivity contribution is 9.10. The number of Topliss-reactive ketones (excluding diaryl/α,β-unsaturated/α-hetero) is 1. The molecule has 0 fully saturated rings. The number of rotatable bonds is 5. The van der Waals surface area contributed by atoms with Gasteiger partial charge in [0.2, 0.25) is 0 Å². The van der Waals surface area contributed by atoms with Crippen LogP contribution in [-0.4, -0.2) is 10.8 Å². The predicted octanol–water partition coefficient (Wildman–Crippen LogP) is 3.73. The van der Waals surface area contributed by atoms with Crippen LogP contribution in [0.15, 0.2) is 47.2 Å². The molecule has 0 aliphatic heterocycles. The van der Waals surface area contributed by atoms with Crippen LogP contribution in [0.4, 0.5) is 4.39 Å². The van der Waals surface area contributed by atoms with E-state index in [9.17, 15) is 9.18 Å². The molecule has 0 atom stereocenters. The zero-order chi connectivity index (χ0) is 13.7. The Kier molecular flexibility index (Phi) is 4.80. The fourth-order valence-electron chi connectivity index (χ4n) is 1.80. The third-order valence-electron chi connectivity index (χ3n) is 2.82. The zero-order valence-electron chi connectivity index (χ0n) is 10.3. The number of hydrogen-bond donors (Lipinski definition) is 0. The Morgan fingerprint density at radius 3 is 2.84 bits per heavy atom. The molecule has 1 aromatic carbocycles. The van der Waals surface area contributed by atoms with E-state index in [0.717, 1.165) is 11.1 Å². The number of ketones is 1. The SMILES string of the molecule is O=C(CCc1cccnc1)Cc1ccc(F)cc1Br. The van der Waals surface area contributed by atoms with Crippen LogP contribution < -0.4 is 0 Å². The minimum absolute atomic E-state index is 0.135. The maximum Gasteiger partial charge on any atom is 0.137 e. The average molecular weight is 322 g/mol. The monoisotopic (exact) mass is 321 g/mol. The Balaban J connectivity index is 1.91. The first-order chi connectivity index (χ1) is 9.15. The molecule has 0 N–H and O–H groups in total. The van der Waals surface area contributed by atoms with Crippen molar-refractivity contribution in [1.29, 1.82) is 0 Å². The van der Waals surface area contributed by atoms with Gasteiger partial charge in [0.05, 0.1) is 0 Å². The number of aromatic nitrogens is 1. The highest BCUT2D eigenvalue weighted by Gasteiger charge is 2.08. The first-order valence-corrected chi connectivity index (χ1v) is 6.79.